The molecule has 0 aliphatic carbocycles. The van der Waals surface area contributed by atoms with E-state index in [4.69, 9.17) is 4.74 Å². The van der Waals surface area contributed by atoms with Gasteiger partial charge < -0.3 is 14.6 Å². The van der Waals surface area contributed by atoms with E-state index in [9.17, 15) is 4.79 Å². The average Bonchev–Trinajstić information content (AvgIpc) is 3.11. The smallest absolute Gasteiger partial charge is 0.268 e. The van der Waals surface area contributed by atoms with E-state index in [1.807, 2.05) is 50.2 Å². The SMILES string of the molecule is Cc1ccn(C)c1C(=O)NC[C@@H]1CCCO[C@H]1c1cnn(C)c1. The van der Waals surface area contributed by atoms with Gasteiger partial charge in [0.2, 0.25) is 0 Å². The van der Waals surface area contributed by atoms with Crippen molar-refractivity contribution < 1.29 is 9.53 Å². The minimum absolute atomic E-state index is 0.00672. The minimum atomic E-state index is -0.0227. The number of hydrogen-bond acceptors (Lipinski definition) is 3. The third-order valence-corrected chi connectivity index (χ3v) is 4.51. The van der Waals surface area contributed by atoms with Gasteiger partial charge in [-0.15, -0.1) is 0 Å². The van der Waals surface area contributed by atoms with Crippen molar-refractivity contribution in [2.24, 2.45) is 20.0 Å². The van der Waals surface area contributed by atoms with Gasteiger partial charge in [-0.2, -0.15) is 5.10 Å². The lowest BCUT2D eigenvalue weighted by Crippen LogP contribution is -2.35. The van der Waals surface area contributed by atoms with E-state index < -0.39 is 0 Å². The van der Waals surface area contributed by atoms with Crippen LogP contribution in [0.25, 0.3) is 0 Å². The van der Waals surface area contributed by atoms with E-state index in [-0.39, 0.29) is 17.9 Å². The molecule has 3 heterocycles. The topological polar surface area (TPSA) is 61.1 Å². The molecule has 23 heavy (non-hydrogen) atoms. The van der Waals surface area contributed by atoms with Crippen LogP contribution in [0.2, 0.25) is 0 Å². The summed E-state index contributed by atoms with van der Waals surface area (Å²) in [6, 6.07) is 1.96. The lowest BCUT2D eigenvalue weighted by molar-refractivity contribution is -0.0273. The maximum atomic E-state index is 12.4. The van der Waals surface area contributed by atoms with Crippen LogP contribution in [0, 0.1) is 12.8 Å². The van der Waals surface area contributed by atoms with Gasteiger partial charge in [0.15, 0.2) is 0 Å². The number of nitrogens with one attached hydrogen (secondary N) is 1. The van der Waals surface area contributed by atoms with Gasteiger partial charge in [0.1, 0.15) is 5.69 Å². The van der Waals surface area contributed by atoms with Gasteiger partial charge >= 0.3 is 0 Å². The zero-order valence-electron chi connectivity index (χ0n) is 14.0. The summed E-state index contributed by atoms with van der Waals surface area (Å²) in [4.78, 5) is 12.4. The molecule has 6 heteroatoms. The molecule has 2 aromatic heterocycles. The molecule has 124 valence electrons. The first kappa shape index (κ1) is 15.8. The van der Waals surface area contributed by atoms with Gasteiger partial charge in [-0.3, -0.25) is 9.48 Å². The molecule has 6 nitrogen and oxygen atoms in total. The summed E-state index contributed by atoms with van der Waals surface area (Å²) < 4.78 is 9.60. The van der Waals surface area contributed by atoms with Crippen LogP contribution in [0.3, 0.4) is 0 Å². The quantitative estimate of drug-likeness (QED) is 0.938. The molecule has 1 amide bonds. The predicted octanol–water partition coefficient (Wildman–Crippen LogP) is 1.96. The second-order valence-electron chi connectivity index (χ2n) is 6.31. The second kappa shape index (κ2) is 6.58. The maximum Gasteiger partial charge on any atom is 0.268 e. The van der Waals surface area contributed by atoms with Crippen LogP contribution < -0.4 is 5.32 Å². The van der Waals surface area contributed by atoms with E-state index in [0.29, 0.717) is 6.54 Å². The average molecular weight is 316 g/mol. The third kappa shape index (κ3) is 3.32. The van der Waals surface area contributed by atoms with E-state index >= 15 is 0 Å². The van der Waals surface area contributed by atoms with Crippen molar-refractivity contribution in [1.29, 1.82) is 0 Å². The first-order valence-electron chi connectivity index (χ1n) is 8.06. The van der Waals surface area contributed by atoms with Crippen molar-refractivity contribution in [3.63, 3.8) is 0 Å². The summed E-state index contributed by atoms with van der Waals surface area (Å²) >= 11 is 0. The number of rotatable bonds is 4. The fourth-order valence-electron chi connectivity index (χ4n) is 3.31. The van der Waals surface area contributed by atoms with Gasteiger partial charge in [0.25, 0.3) is 5.91 Å². The molecular formula is C17H24N4O2. The number of aryl methyl sites for hydroxylation is 3. The highest BCUT2D eigenvalue weighted by atomic mass is 16.5. The van der Waals surface area contributed by atoms with Crippen LogP contribution in [0.4, 0.5) is 0 Å². The van der Waals surface area contributed by atoms with Gasteiger partial charge in [-0.25, -0.2) is 0 Å². The Morgan fingerprint density at radius 2 is 2.30 bits per heavy atom. The summed E-state index contributed by atoms with van der Waals surface area (Å²) in [7, 11) is 3.80. The number of hydrogen-bond donors (Lipinski definition) is 1. The largest absolute Gasteiger partial charge is 0.373 e. The van der Waals surface area contributed by atoms with Gasteiger partial charge in [0, 0.05) is 51.1 Å². The molecule has 0 aromatic carbocycles. The summed E-state index contributed by atoms with van der Waals surface area (Å²) in [6.07, 6.45) is 7.84. The third-order valence-electron chi connectivity index (χ3n) is 4.51. The van der Waals surface area contributed by atoms with Gasteiger partial charge in [-0.05, 0) is 31.4 Å². The van der Waals surface area contributed by atoms with Crippen LogP contribution in [-0.4, -0.2) is 33.4 Å². The Kier molecular flexibility index (Phi) is 4.52. The molecular weight excluding hydrogens is 292 g/mol. The van der Waals surface area contributed by atoms with Crippen molar-refractivity contribution in [3.05, 3.63) is 41.5 Å². The molecule has 0 spiro atoms. The first-order chi connectivity index (χ1) is 11.1. The highest BCUT2D eigenvalue weighted by Gasteiger charge is 2.29. The molecule has 1 fully saturated rings. The lowest BCUT2D eigenvalue weighted by atomic mass is 9.91. The Balaban J connectivity index is 1.67. The van der Waals surface area contributed by atoms with Crippen LogP contribution in [0.15, 0.2) is 24.7 Å². The monoisotopic (exact) mass is 316 g/mol. The zero-order valence-corrected chi connectivity index (χ0v) is 14.0. The number of amides is 1. The Morgan fingerprint density at radius 1 is 1.48 bits per heavy atom. The van der Waals surface area contributed by atoms with Crippen LogP contribution in [0.5, 0.6) is 0 Å². The summed E-state index contributed by atoms with van der Waals surface area (Å²) in [5.74, 6) is 0.253. The van der Waals surface area contributed by atoms with Crippen LogP contribution >= 0.6 is 0 Å². The van der Waals surface area contributed by atoms with Crippen molar-refractivity contribution in [2.45, 2.75) is 25.9 Å². The zero-order chi connectivity index (χ0) is 16.4. The highest BCUT2D eigenvalue weighted by molar-refractivity contribution is 5.94. The fraction of sp³-hybridized carbons (Fsp3) is 0.529. The molecule has 3 rings (SSSR count). The number of ether oxygens (including phenoxy) is 1. The molecule has 1 aliphatic heterocycles. The van der Waals surface area contributed by atoms with Crippen LogP contribution in [0.1, 0.15) is 40.6 Å². The van der Waals surface area contributed by atoms with Crippen LogP contribution in [-0.2, 0) is 18.8 Å². The number of nitrogens with zero attached hydrogens (tertiary/aromatic N) is 3. The Hall–Kier alpha value is -2.08. The van der Waals surface area contributed by atoms with E-state index in [0.717, 1.165) is 36.3 Å². The molecule has 0 unspecified atom stereocenters. The Labute approximate surface area is 136 Å². The van der Waals surface area contributed by atoms with Crippen molar-refractivity contribution in [1.82, 2.24) is 19.7 Å². The van der Waals surface area contributed by atoms with E-state index in [1.54, 1.807) is 4.68 Å². The predicted molar refractivity (Wildman–Crippen MR) is 87.1 cm³/mol. The molecule has 2 atom stereocenters. The standard InChI is InChI=1S/C17H24N4O2/c1-12-6-7-20(2)15(12)17(22)18-9-13-5-4-8-23-16(13)14-10-19-21(3)11-14/h6-7,10-11,13,16H,4-5,8-9H2,1-3H3,(H,18,22)/t13-,16+/m0/s1. The molecule has 0 radical (unpaired) electrons. The first-order valence-corrected chi connectivity index (χ1v) is 8.06. The molecule has 0 saturated carbocycles. The van der Waals surface area contributed by atoms with E-state index in [2.05, 4.69) is 10.4 Å². The molecule has 2 aromatic rings. The number of carbonyl (C=O) groups excluding carboxylic acids is 1. The van der Waals surface area contributed by atoms with Crippen molar-refractivity contribution >= 4 is 5.91 Å². The maximum absolute atomic E-state index is 12.4. The minimum Gasteiger partial charge on any atom is -0.373 e. The molecule has 0 bridgehead atoms. The summed E-state index contributed by atoms with van der Waals surface area (Å²) in [5, 5.41) is 7.31. The van der Waals surface area contributed by atoms with E-state index in [1.165, 1.54) is 0 Å². The lowest BCUT2D eigenvalue weighted by Gasteiger charge is -2.31. The second-order valence-corrected chi connectivity index (χ2v) is 6.31. The molecule has 1 saturated heterocycles. The van der Waals surface area contributed by atoms with Gasteiger partial charge in [0.05, 0.1) is 12.3 Å². The Morgan fingerprint density at radius 3 is 2.96 bits per heavy atom. The molecule has 1 aliphatic rings. The van der Waals surface area contributed by atoms with Crippen molar-refractivity contribution in [3.8, 4) is 0 Å². The summed E-state index contributed by atoms with van der Waals surface area (Å²) in [5.41, 5.74) is 2.80. The van der Waals surface area contributed by atoms with Crippen molar-refractivity contribution in [2.75, 3.05) is 13.2 Å². The molecule has 1 N–H and O–H groups in total. The summed E-state index contributed by atoms with van der Waals surface area (Å²) in [6.45, 7) is 3.33. The van der Waals surface area contributed by atoms with Gasteiger partial charge in [-0.1, -0.05) is 0 Å². The Bertz CT molecular complexity index is 669. The fourth-order valence-corrected chi connectivity index (χ4v) is 3.31. The number of aromatic nitrogens is 3. The highest BCUT2D eigenvalue weighted by Crippen LogP contribution is 2.33. The number of carbonyl (C=O) groups is 1. The normalized spacial score (nSPS) is 21.3.